The van der Waals surface area contributed by atoms with Crippen molar-refractivity contribution in [1.29, 1.82) is 0 Å². The lowest BCUT2D eigenvalue weighted by atomic mass is 10.0. The van der Waals surface area contributed by atoms with Gasteiger partial charge in [0, 0.05) is 0 Å². The molecule has 3 N–H and O–H groups in total. The Bertz CT molecular complexity index is 631. The Hall–Kier alpha value is -2.20. The Morgan fingerprint density at radius 1 is 1.06 bits per heavy atom. The van der Waals surface area contributed by atoms with Crippen LogP contribution < -0.4 is 5.73 Å². The number of nitrogens with two attached hydrogens (primary N) is 1. The monoisotopic (exact) mass is 224 g/mol. The van der Waals surface area contributed by atoms with Crippen LogP contribution in [0.15, 0.2) is 48.8 Å². The Labute approximate surface area is 98.5 Å². The molecule has 3 aromatic rings. The molecular weight excluding hydrogens is 212 g/mol. The lowest BCUT2D eigenvalue weighted by Crippen LogP contribution is -2.13. The molecule has 1 atom stereocenters. The van der Waals surface area contributed by atoms with Crippen LogP contribution in [0.4, 0.5) is 0 Å². The molecular formula is C13H12N4. The van der Waals surface area contributed by atoms with Gasteiger partial charge in [-0.05, 0) is 22.4 Å². The van der Waals surface area contributed by atoms with E-state index in [9.17, 15) is 0 Å². The van der Waals surface area contributed by atoms with Gasteiger partial charge in [-0.3, -0.25) is 5.10 Å². The van der Waals surface area contributed by atoms with Crippen LogP contribution in [0.3, 0.4) is 0 Å². The van der Waals surface area contributed by atoms with E-state index in [1.807, 2.05) is 18.2 Å². The van der Waals surface area contributed by atoms with Crippen molar-refractivity contribution >= 4 is 10.8 Å². The maximum atomic E-state index is 6.12. The van der Waals surface area contributed by atoms with Gasteiger partial charge in [0.25, 0.3) is 0 Å². The van der Waals surface area contributed by atoms with E-state index in [-0.39, 0.29) is 6.04 Å². The second-order valence-corrected chi connectivity index (χ2v) is 3.95. The number of nitrogens with zero attached hydrogens (tertiary/aromatic N) is 2. The van der Waals surface area contributed by atoms with Crippen molar-refractivity contribution in [1.82, 2.24) is 15.2 Å². The SMILES string of the molecule is NC(c1ccc2ccccc2c1)c1ncn[nH]1. The van der Waals surface area contributed by atoms with Crippen molar-refractivity contribution in [2.24, 2.45) is 5.73 Å². The molecule has 0 aliphatic carbocycles. The predicted molar refractivity (Wildman–Crippen MR) is 66.4 cm³/mol. The first-order chi connectivity index (χ1) is 8.34. The third-order valence-corrected chi connectivity index (χ3v) is 2.86. The number of benzene rings is 2. The number of hydrogen-bond acceptors (Lipinski definition) is 3. The van der Waals surface area contributed by atoms with Gasteiger partial charge in [-0.25, -0.2) is 4.98 Å². The summed E-state index contributed by atoms with van der Waals surface area (Å²) < 4.78 is 0. The molecule has 4 nitrogen and oxygen atoms in total. The molecule has 0 aliphatic heterocycles. The molecule has 0 spiro atoms. The summed E-state index contributed by atoms with van der Waals surface area (Å²) in [5, 5.41) is 9.00. The molecule has 0 radical (unpaired) electrons. The van der Waals surface area contributed by atoms with E-state index in [0.717, 1.165) is 5.56 Å². The van der Waals surface area contributed by atoms with Crippen LogP contribution in [0.25, 0.3) is 10.8 Å². The van der Waals surface area contributed by atoms with Crippen molar-refractivity contribution in [2.45, 2.75) is 6.04 Å². The van der Waals surface area contributed by atoms with E-state index in [1.54, 1.807) is 0 Å². The molecule has 3 rings (SSSR count). The normalized spacial score (nSPS) is 12.8. The molecule has 0 saturated heterocycles. The first-order valence-electron chi connectivity index (χ1n) is 5.44. The minimum atomic E-state index is -0.262. The topological polar surface area (TPSA) is 67.6 Å². The summed E-state index contributed by atoms with van der Waals surface area (Å²) in [7, 11) is 0. The van der Waals surface area contributed by atoms with Gasteiger partial charge >= 0.3 is 0 Å². The second kappa shape index (κ2) is 3.99. The zero-order valence-corrected chi connectivity index (χ0v) is 9.17. The molecule has 0 bridgehead atoms. The van der Waals surface area contributed by atoms with Crippen LogP contribution in [0.1, 0.15) is 17.4 Å². The summed E-state index contributed by atoms with van der Waals surface area (Å²) in [5.74, 6) is 0.681. The molecule has 0 saturated carbocycles. The highest BCUT2D eigenvalue weighted by Crippen LogP contribution is 2.21. The van der Waals surface area contributed by atoms with Crippen molar-refractivity contribution in [3.63, 3.8) is 0 Å². The summed E-state index contributed by atoms with van der Waals surface area (Å²) >= 11 is 0. The minimum absolute atomic E-state index is 0.262. The van der Waals surface area contributed by atoms with Crippen molar-refractivity contribution in [3.8, 4) is 0 Å². The number of fused-ring (bicyclic) bond motifs is 1. The maximum Gasteiger partial charge on any atom is 0.145 e. The number of rotatable bonds is 2. The average molecular weight is 224 g/mol. The Kier molecular flexibility index (Phi) is 2.34. The Balaban J connectivity index is 2.06. The smallest absolute Gasteiger partial charge is 0.145 e. The minimum Gasteiger partial charge on any atom is -0.318 e. The fraction of sp³-hybridized carbons (Fsp3) is 0.0769. The number of H-pyrrole nitrogens is 1. The van der Waals surface area contributed by atoms with Gasteiger partial charge in [-0.15, -0.1) is 0 Å². The second-order valence-electron chi connectivity index (χ2n) is 3.95. The molecule has 2 aromatic carbocycles. The van der Waals surface area contributed by atoms with Crippen LogP contribution in [-0.2, 0) is 0 Å². The van der Waals surface area contributed by atoms with Gasteiger partial charge < -0.3 is 5.73 Å². The van der Waals surface area contributed by atoms with Gasteiger partial charge in [-0.1, -0.05) is 36.4 Å². The Morgan fingerprint density at radius 2 is 1.88 bits per heavy atom. The van der Waals surface area contributed by atoms with E-state index in [1.165, 1.54) is 17.1 Å². The molecule has 0 amide bonds. The highest BCUT2D eigenvalue weighted by atomic mass is 15.2. The zero-order valence-electron chi connectivity index (χ0n) is 9.17. The molecule has 17 heavy (non-hydrogen) atoms. The summed E-state index contributed by atoms with van der Waals surface area (Å²) in [4.78, 5) is 4.08. The van der Waals surface area contributed by atoms with Crippen LogP contribution in [0.2, 0.25) is 0 Å². The fourth-order valence-electron chi connectivity index (χ4n) is 1.92. The van der Waals surface area contributed by atoms with Crippen LogP contribution in [0.5, 0.6) is 0 Å². The molecule has 84 valence electrons. The fourth-order valence-corrected chi connectivity index (χ4v) is 1.92. The van der Waals surface area contributed by atoms with Crippen LogP contribution >= 0.6 is 0 Å². The van der Waals surface area contributed by atoms with Gasteiger partial charge in [0.2, 0.25) is 0 Å². The third-order valence-electron chi connectivity index (χ3n) is 2.86. The first kappa shape index (κ1) is 9.99. The van der Waals surface area contributed by atoms with Gasteiger partial charge in [0.05, 0.1) is 6.04 Å². The number of aromatic amines is 1. The summed E-state index contributed by atoms with van der Waals surface area (Å²) in [5.41, 5.74) is 7.15. The number of aromatic nitrogens is 3. The van der Waals surface area contributed by atoms with Gasteiger partial charge in [-0.2, -0.15) is 5.10 Å². The van der Waals surface area contributed by atoms with Crippen molar-refractivity contribution < 1.29 is 0 Å². The van der Waals surface area contributed by atoms with Crippen LogP contribution in [0, 0.1) is 0 Å². The predicted octanol–water partition coefficient (Wildman–Crippen LogP) is 2.01. The van der Waals surface area contributed by atoms with E-state index in [0.29, 0.717) is 5.82 Å². The van der Waals surface area contributed by atoms with E-state index in [4.69, 9.17) is 5.73 Å². The molecule has 4 heteroatoms. The van der Waals surface area contributed by atoms with Gasteiger partial charge in [0.1, 0.15) is 12.2 Å². The maximum absolute atomic E-state index is 6.12. The summed E-state index contributed by atoms with van der Waals surface area (Å²) in [6.45, 7) is 0. The number of nitrogens with one attached hydrogen (secondary N) is 1. The molecule has 1 heterocycles. The summed E-state index contributed by atoms with van der Waals surface area (Å²) in [6.07, 6.45) is 1.47. The highest BCUT2D eigenvalue weighted by Gasteiger charge is 2.11. The lowest BCUT2D eigenvalue weighted by molar-refractivity contribution is 0.788. The van der Waals surface area contributed by atoms with E-state index in [2.05, 4.69) is 39.4 Å². The zero-order chi connectivity index (χ0) is 11.7. The summed E-state index contributed by atoms with van der Waals surface area (Å²) in [6, 6.07) is 14.1. The largest absolute Gasteiger partial charge is 0.318 e. The van der Waals surface area contributed by atoms with E-state index < -0.39 is 0 Å². The van der Waals surface area contributed by atoms with Gasteiger partial charge in [0.15, 0.2) is 0 Å². The van der Waals surface area contributed by atoms with E-state index >= 15 is 0 Å². The van der Waals surface area contributed by atoms with Crippen LogP contribution in [-0.4, -0.2) is 15.2 Å². The van der Waals surface area contributed by atoms with Crippen molar-refractivity contribution in [2.75, 3.05) is 0 Å². The highest BCUT2D eigenvalue weighted by molar-refractivity contribution is 5.83. The molecule has 0 fully saturated rings. The third kappa shape index (κ3) is 1.79. The Morgan fingerprint density at radius 3 is 2.65 bits per heavy atom. The quantitative estimate of drug-likeness (QED) is 0.699. The standard InChI is InChI=1S/C13H12N4/c14-12(13-15-8-16-17-13)11-6-5-9-3-1-2-4-10(9)7-11/h1-8,12H,14H2,(H,15,16,17). The molecule has 1 aromatic heterocycles. The lowest BCUT2D eigenvalue weighted by Gasteiger charge is -2.09. The van der Waals surface area contributed by atoms with Crippen molar-refractivity contribution in [3.05, 3.63) is 60.2 Å². The molecule has 1 unspecified atom stereocenters. The first-order valence-corrected chi connectivity index (χ1v) is 5.44. The average Bonchev–Trinajstić information content (AvgIpc) is 2.91. The number of hydrogen-bond donors (Lipinski definition) is 2. The molecule has 0 aliphatic rings.